The van der Waals surface area contributed by atoms with Crippen LogP contribution in [0.25, 0.3) is 0 Å². The van der Waals surface area contributed by atoms with Crippen molar-refractivity contribution in [2.24, 2.45) is 5.73 Å². The van der Waals surface area contributed by atoms with Crippen LogP contribution in [0.4, 0.5) is 5.69 Å². The minimum Gasteiger partial charge on any atom is -0.506 e. The van der Waals surface area contributed by atoms with Gasteiger partial charge >= 0.3 is 0 Å². The van der Waals surface area contributed by atoms with Crippen molar-refractivity contribution in [3.05, 3.63) is 18.2 Å². The molecule has 0 atom stereocenters. The number of phenolic OH excluding ortho intramolecular Hbond substituents is 1. The van der Waals surface area contributed by atoms with Gasteiger partial charge in [0.15, 0.2) is 9.84 Å². The number of nitrogens with one attached hydrogen (secondary N) is 1. The van der Waals surface area contributed by atoms with Crippen molar-refractivity contribution in [1.29, 1.82) is 0 Å². The third kappa shape index (κ3) is 2.71. The maximum atomic E-state index is 11.9. The SMILES string of the molecule is CS(=O)(=O)c1ccc(O)c(NC(=O)C2(N)CCC2)c1. The zero-order valence-electron chi connectivity index (χ0n) is 10.5. The fourth-order valence-corrected chi connectivity index (χ4v) is 2.52. The summed E-state index contributed by atoms with van der Waals surface area (Å²) in [7, 11) is -3.40. The van der Waals surface area contributed by atoms with E-state index in [1.165, 1.54) is 18.2 Å². The van der Waals surface area contributed by atoms with Gasteiger partial charge in [-0.05, 0) is 37.5 Å². The van der Waals surface area contributed by atoms with Gasteiger partial charge in [-0.2, -0.15) is 0 Å². The molecule has 1 aliphatic carbocycles. The fourth-order valence-electron chi connectivity index (χ4n) is 1.88. The van der Waals surface area contributed by atoms with E-state index in [-0.39, 0.29) is 16.3 Å². The average Bonchev–Trinajstić information content (AvgIpc) is 2.27. The number of benzene rings is 1. The Morgan fingerprint density at radius 3 is 2.53 bits per heavy atom. The summed E-state index contributed by atoms with van der Waals surface area (Å²) < 4.78 is 22.9. The van der Waals surface area contributed by atoms with Crippen molar-refractivity contribution in [3.8, 4) is 5.75 Å². The van der Waals surface area contributed by atoms with E-state index in [2.05, 4.69) is 5.32 Å². The zero-order valence-corrected chi connectivity index (χ0v) is 11.3. The average molecular weight is 284 g/mol. The van der Waals surface area contributed by atoms with E-state index < -0.39 is 21.3 Å². The molecule has 0 aliphatic heterocycles. The second-order valence-electron chi connectivity index (χ2n) is 4.91. The van der Waals surface area contributed by atoms with Crippen molar-refractivity contribution < 1.29 is 18.3 Å². The third-order valence-electron chi connectivity index (χ3n) is 3.34. The highest BCUT2D eigenvalue weighted by Crippen LogP contribution is 2.32. The van der Waals surface area contributed by atoms with Gasteiger partial charge in [0.05, 0.1) is 16.1 Å². The number of amides is 1. The van der Waals surface area contributed by atoms with Crippen molar-refractivity contribution in [1.82, 2.24) is 0 Å². The molecule has 1 amide bonds. The summed E-state index contributed by atoms with van der Waals surface area (Å²) in [6.07, 6.45) is 3.12. The monoisotopic (exact) mass is 284 g/mol. The molecule has 0 radical (unpaired) electrons. The Morgan fingerprint density at radius 2 is 2.05 bits per heavy atom. The van der Waals surface area contributed by atoms with Gasteiger partial charge in [0, 0.05) is 6.26 Å². The molecule has 4 N–H and O–H groups in total. The molecular formula is C12H16N2O4S. The van der Waals surface area contributed by atoms with Crippen molar-refractivity contribution in [3.63, 3.8) is 0 Å². The number of hydrogen-bond donors (Lipinski definition) is 3. The largest absolute Gasteiger partial charge is 0.506 e. The first-order valence-electron chi connectivity index (χ1n) is 5.86. The molecule has 1 aromatic rings. The number of hydrogen-bond acceptors (Lipinski definition) is 5. The number of phenols is 1. The van der Waals surface area contributed by atoms with Gasteiger partial charge < -0.3 is 16.2 Å². The van der Waals surface area contributed by atoms with E-state index in [9.17, 15) is 18.3 Å². The number of carbonyl (C=O) groups is 1. The van der Waals surface area contributed by atoms with E-state index in [0.717, 1.165) is 12.7 Å². The summed E-state index contributed by atoms with van der Waals surface area (Å²) in [5.41, 5.74) is 5.01. The van der Waals surface area contributed by atoms with Crippen LogP contribution in [0.15, 0.2) is 23.1 Å². The predicted molar refractivity (Wildman–Crippen MR) is 70.6 cm³/mol. The Balaban J connectivity index is 2.27. The number of rotatable bonds is 3. The first kappa shape index (κ1) is 13.8. The van der Waals surface area contributed by atoms with Gasteiger partial charge in [0.25, 0.3) is 0 Å². The lowest BCUT2D eigenvalue weighted by molar-refractivity contribution is -0.123. The zero-order chi connectivity index (χ0) is 14.3. The molecule has 19 heavy (non-hydrogen) atoms. The first-order valence-corrected chi connectivity index (χ1v) is 7.75. The summed E-state index contributed by atoms with van der Waals surface area (Å²) in [5, 5.41) is 12.1. The summed E-state index contributed by atoms with van der Waals surface area (Å²) in [4.78, 5) is 12.0. The van der Waals surface area contributed by atoms with Crippen LogP contribution in [-0.4, -0.2) is 31.2 Å². The molecule has 0 heterocycles. The highest BCUT2D eigenvalue weighted by Gasteiger charge is 2.40. The van der Waals surface area contributed by atoms with Crippen LogP contribution in [-0.2, 0) is 14.6 Å². The number of sulfone groups is 1. The van der Waals surface area contributed by atoms with Crippen LogP contribution in [0.1, 0.15) is 19.3 Å². The van der Waals surface area contributed by atoms with Gasteiger partial charge in [-0.15, -0.1) is 0 Å². The standard InChI is InChI=1S/C12H16N2O4S/c1-19(17,18)8-3-4-10(15)9(7-8)14-11(16)12(13)5-2-6-12/h3-4,7,15H,2,5-6,13H2,1H3,(H,14,16). The van der Waals surface area contributed by atoms with E-state index >= 15 is 0 Å². The summed E-state index contributed by atoms with van der Waals surface area (Å²) >= 11 is 0. The van der Waals surface area contributed by atoms with Gasteiger partial charge in [0.2, 0.25) is 5.91 Å². The highest BCUT2D eigenvalue weighted by molar-refractivity contribution is 7.90. The van der Waals surface area contributed by atoms with Crippen LogP contribution in [0.3, 0.4) is 0 Å². The molecule has 7 heteroatoms. The Hall–Kier alpha value is -1.60. The normalized spacial score (nSPS) is 17.6. The molecule has 2 rings (SSSR count). The number of anilines is 1. The molecular weight excluding hydrogens is 268 g/mol. The van der Waals surface area contributed by atoms with Gasteiger partial charge in [-0.3, -0.25) is 4.79 Å². The lowest BCUT2D eigenvalue weighted by Gasteiger charge is -2.36. The predicted octanol–water partition coefficient (Wildman–Crippen LogP) is 0.616. The molecule has 0 bridgehead atoms. The van der Waals surface area contributed by atoms with Crippen LogP contribution >= 0.6 is 0 Å². The van der Waals surface area contributed by atoms with Crippen LogP contribution in [0.5, 0.6) is 5.75 Å². The minimum atomic E-state index is -3.40. The van der Waals surface area contributed by atoms with Crippen molar-refractivity contribution in [2.45, 2.75) is 29.7 Å². The quantitative estimate of drug-likeness (QED) is 0.705. The molecule has 104 valence electrons. The summed E-state index contributed by atoms with van der Waals surface area (Å²) in [6, 6.07) is 3.74. The minimum absolute atomic E-state index is 0.0280. The number of nitrogens with two attached hydrogens (primary N) is 1. The third-order valence-corrected chi connectivity index (χ3v) is 4.45. The summed E-state index contributed by atoms with van der Waals surface area (Å²) in [5.74, 6) is -0.594. The highest BCUT2D eigenvalue weighted by atomic mass is 32.2. The molecule has 1 fully saturated rings. The molecule has 0 saturated heterocycles. The Morgan fingerprint density at radius 1 is 1.42 bits per heavy atom. The maximum Gasteiger partial charge on any atom is 0.244 e. The molecule has 0 unspecified atom stereocenters. The Labute approximate surface area is 111 Å². The van der Waals surface area contributed by atoms with E-state index in [1.807, 2.05) is 0 Å². The van der Waals surface area contributed by atoms with Crippen LogP contribution in [0, 0.1) is 0 Å². The van der Waals surface area contributed by atoms with Crippen LogP contribution in [0.2, 0.25) is 0 Å². The second kappa shape index (κ2) is 4.50. The van der Waals surface area contributed by atoms with Gasteiger partial charge in [-0.1, -0.05) is 0 Å². The lowest BCUT2D eigenvalue weighted by Crippen LogP contribution is -2.56. The van der Waals surface area contributed by atoms with Crippen LogP contribution < -0.4 is 11.1 Å². The van der Waals surface area contributed by atoms with E-state index in [0.29, 0.717) is 12.8 Å². The van der Waals surface area contributed by atoms with Crippen molar-refractivity contribution in [2.75, 3.05) is 11.6 Å². The number of aromatic hydroxyl groups is 1. The van der Waals surface area contributed by atoms with Crippen molar-refractivity contribution >= 4 is 21.4 Å². The fraction of sp³-hybridized carbons (Fsp3) is 0.417. The van der Waals surface area contributed by atoms with E-state index in [1.54, 1.807) is 0 Å². The first-order chi connectivity index (χ1) is 8.72. The molecule has 1 aliphatic rings. The van der Waals surface area contributed by atoms with Gasteiger partial charge in [0.1, 0.15) is 5.75 Å². The Kier molecular flexibility index (Phi) is 3.27. The van der Waals surface area contributed by atoms with E-state index in [4.69, 9.17) is 5.73 Å². The molecule has 1 aromatic carbocycles. The molecule has 1 saturated carbocycles. The smallest absolute Gasteiger partial charge is 0.244 e. The number of carbonyl (C=O) groups excluding carboxylic acids is 1. The molecule has 6 nitrogen and oxygen atoms in total. The topological polar surface area (TPSA) is 109 Å². The van der Waals surface area contributed by atoms with Gasteiger partial charge in [-0.25, -0.2) is 8.42 Å². The maximum absolute atomic E-state index is 11.9. The summed E-state index contributed by atoms with van der Waals surface area (Å²) in [6.45, 7) is 0. The molecule has 0 spiro atoms. The second-order valence-corrected chi connectivity index (χ2v) is 6.93. The Bertz CT molecular complexity index is 621. The molecule has 0 aromatic heterocycles. The lowest BCUT2D eigenvalue weighted by atomic mass is 9.77.